The molecule has 0 aliphatic rings. The van der Waals surface area contributed by atoms with Gasteiger partial charge in [-0.1, -0.05) is 0 Å². The summed E-state index contributed by atoms with van der Waals surface area (Å²) in [7, 11) is 0. The van der Waals surface area contributed by atoms with Crippen LogP contribution in [-0.4, -0.2) is 35.1 Å². The highest BCUT2D eigenvalue weighted by Crippen LogP contribution is 2.17. The molecule has 6 heteroatoms. The van der Waals surface area contributed by atoms with Crippen molar-refractivity contribution in [1.29, 1.82) is 0 Å². The number of rotatable bonds is 4. The first-order chi connectivity index (χ1) is 8.65. The Hall–Kier alpha value is -2.24. The minimum absolute atomic E-state index is 0.319. The van der Waals surface area contributed by atoms with Gasteiger partial charge in [0.25, 0.3) is 0 Å². The molecule has 2 rings (SSSR count). The number of aromatic nitrogens is 2. The fourth-order valence-corrected chi connectivity index (χ4v) is 1.65. The lowest BCUT2D eigenvalue weighted by Crippen LogP contribution is -2.06. The van der Waals surface area contributed by atoms with Crippen LogP contribution in [0.4, 0.5) is 0 Å². The normalized spacial score (nSPS) is 10.6. The topological polar surface area (TPSA) is 84.2 Å². The van der Waals surface area contributed by atoms with Crippen molar-refractivity contribution in [3.8, 4) is 0 Å². The molecule has 2 aromatic heterocycles. The van der Waals surface area contributed by atoms with Crippen LogP contribution in [0.15, 0.2) is 12.1 Å². The third kappa shape index (κ3) is 2.22. The van der Waals surface area contributed by atoms with Crippen molar-refractivity contribution in [3.05, 3.63) is 23.5 Å². The van der Waals surface area contributed by atoms with Gasteiger partial charge in [0.1, 0.15) is 17.0 Å². The molecule has 0 aromatic carbocycles. The molecule has 2 aromatic rings. The maximum atomic E-state index is 11.5. The molecule has 0 saturated heterocycles. The van der Waals surface area contributed by atoms with Crippen molar-refractivity contribution >= 4 is 23.0 Å². The number of esters is 2. The second-order valence-electron chi connectivity index (χ2n) is 3.64. The van der Waals surface area contributed by atoms with Crippen molar-refractivity contribution in [3.63, 3.8) is 0 Å². The first kappa shape index (κ1) is 12.2. The van der Waals surface area contributed by atoms with Crippen molar-refractivity contribution < 1.29 is 19.1 Å². The molecule has 0 bridgehead atoms. The van der Waals surface area contributed by atoms with Crippen LogP contribution >= 0.6 is 0 Å². The monoisotopic (exact) mass is 250 g/mol. The molecule has 0 fully saturated rings. The van der Waals surface area contributed by atoms with Gasteiger partial charge in [-0.3, -0.25) is 0 Å². The molecule has 0 spiro atoms. The number of carbonyl (C=O) groups is 2. The van der Waals surface area contributed by atoms with Gasteiger partial charge < -0.3 is 19.4 Å². The van der Waals surface area contributed by atoms with Gasteiger partial charge in [0, 0.05) is 5.39 Å². The Balaban J connectivity index is 2.25. The van der Waals surface area contributed by atoms with Crippen LogP contribution in [0.1, 0.15) is 34.8 Å². The number of carbonyl (C=O) groups excluding carboxylic acids is 2. The Kier molecular flexibility index (Phi) is 3.36. The summed E-state index contributed by atoms with van der Waals surface area (Å²) in [5.41, 5.74) is 1.31. The van der Waals surface area contributed by atoms with E-state index in [-0.39, 0.29) is 0 Å². The largest absolute Gasteiger partial charge is 0.461 e. The predicted molar refractivity (Wildman–Crippen MR) is 64.6 cm³/mol. The summed E-state index contributed by atoms with van der Waals surface area (Å²) in [6, 6.07) is 3.26. The predicted octanol–water partition coefficient (Wildman–Crippen LogP) is 1.85. The van der Waals surface area contributed by atoms with E-state index in [0.717, 1.165) is 5.39 Å². The van der Waals surface area contributed by atoms with E-state index in [0.29, 0.717) is 30.2 Å². The van der Waals surface area contributed by atoms with E-state index >= 15 is 0 Å². The number of nitrogens with one attached hydrogen (secondary N) is 2. The van der Waals surface area contributed by atoms with E-state index < -0.39 is 11.9 Å². The molecule has 0 saturated carbocycles. The molecule has 6 nitrogen and oxygen atoms in total. The quantitative estimate of drug-likeness (QED) is 0.811. The first-order valence-corrected chi connectivity index (χ1v) is 5.71. The van der Waals surface area contributed by atoms with Gasteiger partial charge in [-0.2, -0.15) is 0 Å². The van der Waals surface area contributed by atoms with Gasteiger partial charge in [0.2, 0.25) is 0 Å². The van der Waals surface area contributed by atoms with E-state index in [1.54, 1.807) is 26.0 Å². The van der Waals surface area contributed by atoms with Crippen LogP contribution in [0.2, 0.25) is 0 Å². The average Bonchev–Trinajstić information content (AvgIpc) is 2.86. The van der Waals surface area contributed by atoms with Crippen molar-refractivity contribution in [2.75, 3.05) is 13.2 Å². The van der Waals surface area contributed by atoms with E-state index in [1.165, 1.54) is 0 Å². The van der Waals surface area contributed by atoms with Gasteiger partial charge in [-0.05, 0) is 26.0 Å². The number of fused-ring (bicyclic) bond motifs is 1. The van der Waals surface area contributed by atoms with Crippen LogP contribution in [0.25, 0.3) is 11.0 Å². The van der Waals surface area contributed by atoms with E-state index in [1.807, 2.05) is 0 Å². The molecular formula is C12H14N2O4. The molecule has 0 atom stereocenters. The maximum absolute atomic E-state index is 11.5. The number of hydrogen-bond acceptors (Lipinski definition) is 4. The summed E-state index contributed by atoms with van der Waals surface area (Å²) < 4.78 is 9.73. The lowest BCUT2D eigenvalue weighted by atomic mass is 10.3. The minimum Gasteiger partial charge on any atom is -0.461 e. The molecule has 0 aliphatic heterocycles. The van der Waals surface area contributed by atoms with E-state index in [2.05, 4.69) is 9.97 Å². The van der Waals surface area contributed by atoms with Gasteiger partial charge >= 0.3 is 11.9 Å². The number of hydrogen-bond donors (Lipinski definition) is 2. The SMILES string of the molecule is CCOC(=O)c1cc2cc(C(=O)OCC)[nH]c2[nH]1. The molecule has 0 radical (unpaired) electrons. The summed E-state index contributed by atoms with van der Waals surface area (Å²) >= 11 is 0. The molecule has 0 amide bonds. The van der Waals surface area contributed by atoms with Crippen molar-refractivity contribution in [2.45, 2.75) is 13.8 Å². The lowest BCUT2D eigenvalue weighted by molar-refractivity contribution is 0.0513. The Morgan fingerprint density at radius 2 is 1.44 bits per heavy atom. The average molecular weight is 250 g/mol. The molecule has 2 heterocycles. The van der Waals surface area contributed by atoms with Gasteiger partial charge in [-0.25, -0.2) is 9.59 Å². The number of ether oxygens (including phenoxy) is 2. The molecular weight excluding hydrogens is 236 g/mol. The molecule has 96 valence electrons. The standard InChI is InChI=1S/C12H14N2O4/c1-3-17-11(15)8-5-7-6-9(12(16)18-4-2)14-10(7)13-8/h5-6,13-14H,3-4H2,1-2H3. The van der Waals surface area contributed by atoms with Crippen LogP contribution in [-0.2, 0) is 9.47 Å². The highest BCUT2D eigenvalue weighted by Gasteiger charge is 2.15. The van der Waals surface area contributed by atoms with Gasteiger partial charge in [-0.15, -0.1) is 0 Å². The van der Waals surface area contributed by atoms with E-state index in [4.69, 9.17) is 9.47 Å². The first-order valence-electron chi connectivity index (χ1n) is 5.71. The highest BCUT2D eigenvalue weighted by molar-refractivity contribution is 5.98. The third-order valence-corrected chi connectivity index (χ3v) is 2.40. The van der Waals surface area contributed by atoms with Crippen LogP contribution in [0, 0.1) is 0 Å². The van der Waals surface area contributed by atoms with Gasteiger partial charge in [0.15, 0.2) is 0 Å². The fourth-order valence-electron chi connectivity index (χ4n) is 1.65. The Morgan fingerprint density at radius 1 is 1.00 bits per heavy atom. The second-order valence-corrected chi connectivity index (χ2v) is 3.64. The molecule has 0 unspecified atom stereocenters. The second kappa shape index (κ2) is 4.95. The van der Waals surface area contributed by atoms with Crippen LogP contribution in [0.5, 0.6) is 0 Å². The third-order valence-electron chi connectivity index (χ3n) is 2.40. The minimum atomic E-state index is -0.417. The van der Waals surface area contributed by atoms with Crippen molar-refractivity contribution in [1.82, 2.24) is 9.97 Å². The van der Waals surface area contributed by atoms with Crippen LogP contribution in [0.3, 0.4) is 0 Å². The highest BCUT2D eigenvalue weighted by atomic mass is 16.5. The number of H-pyrrole nitrogens is 2. The summed E-state index contributed by atoms with van der Waals surface area (Å²) in [5, 5.41) is 0.737. The molecule has 18 heavy (non-hydrogen) atoms. The van der Waals surface area contributed by atoms with Crippen LogP contribution < -0.4 is 0 Å². The Labute approximate surface area is 103 Å². The van der Waals surface area contributed by atoms with Gasteiger partial charge in [0.05, 0.1) is 13.2 Å². The zero-order chi connectivity index (χ0) is 13.1. The Morgan fingerprint density at radius 3 is 1.78 bits per heavy atom. The zero-order valence-corrected chi connectivity index (χ0v) is 10.2. The van der Waals surface area contributed by atoms with Crippen molar-refractivity contribution in [2.24, 2.45) is 0 Å². The summed E-state index contributed by atoms with van der Waals surface area (Å²) in [4.78, 5) is 28.7. The molecule has 0 aliphatic carbocycles. The smallest absolute Gasteiger partial charge is 0.354 e. The molecule has 2 N–H and O–H groups in total. The summed E-state index contributed by atoms with van der Waals surface area (Å²) in [5.74, 6) is -0.834. The number of aromatic amines is 2. The zero-order valence-electron chi connectivity index (χ0n) is 10.2. The maximum Gasteiger partial charge on any atom is 0.354 e. The fraction of sp³-hybridized carbons (Fsp3) is 0.333. The lowest BCUT2D eigenvalue weighted by Gasteiger charge is -1.98. The Bertz CT molecular complexity index is 503. The van der Waals surface area contributed by atoms with E-state index in [9.17, 15) is 9.59 Å². The summed E-state index contributed by atoms with van der Waals surface area (Å²) in [6.07, 6.45) is 0. The summed E-state index contributed by atoms with van der Waals surface area (Å²) in [6.45, 7) is 4.12.